The summed E-state index contributed by atoms with van der Waals surface area (Å²) in [6.07, 6.45) is 0. The minimum absolute atomic E-state index is 0.129. The maximum absolute atomic E-state index is 12.7. The Morgan fingerprint density at radius 1 is 0.750 bits per heavy atom. The number of fused-ring (bicyclic) bond motifs is 1. The highest BCUT2D eigenvalue weighted by atomic mass is 32.2. The number of anilines is 1. The van der Waals surface area contributed by atoms with Gasteiger partial charge in [0.2, 0.25) is 10.0 Å². The van der Waals surface area contributed by atoms with E-state index in [1.54, 1.807) is 32.0 Å². The molecule has 8 heteroatoms. The molecule has 0 atom stereocenters. The van der Waals surface area contributed by atoms with Gasteiger partial charge in [0.15, 0.2) is 0 Å². The molecular weight excluding hydrogens is 396 g/mol. The Bertz CT molecular complexity index is 1180. The first kappa shape index (κ1) is 20.3. The lowest BCUT2D eigenvalue weighted by Gasteiger charge is -2.18. The third-order valence-electron chi connectivity index (χ3n) is 4.48. The summed E-state index contributed by atoms with van der Waals surface area (Å²) in [6, 6.07) is 18.1. The van der Waals surface area contributed by atoms with E-state index in [0.717, 1.165) is 10.8 Å². The summed E-state index contributed by atoms with van der Waals surface area (Å²) in [6.45, 7) is 4.28. The topological polar surface area (TPSA) is 83.6 Å². The van der Waals surface area contributed by atoms with Gasteiger partial charge in [-0.3, -0.25) is 4.72 Å². The molecule has 0 fully saturated rings. The molecule has 6 nitrogen and oxygen atoms in total. The van der Waals surface area contributed by atoms with Crippen molar-refractivity contribution in [2.75, 3.05) is 17.8 Å². The van der Waals surface area contributed by atoms with Crippen molar-refractivity contribution in [1.29, 1.82) is 0 Å². The van der Waals surface area contributed by atoms with Gasteiger partial charge in [-0.15, -0.1) is 0 Å². The fourth-order valence-corrected chi connectivity index (χ4v) is 5.51. The molecule has 0 aliphatic heterocycles. The van der Waals surface area contributed by atoms with Crippen LogP contribution in [-0.2, 0) is 20.0 Å². The Labute approximate surface area is 165 Å². The first-order valence-electron chi connectivity index (χ1n) is 8.90. The first-order valence-corrected chi connectivity index (χ1v) is 11.8. The van der Waals surface area contributed by atoms with Gasteiger partial charge in [-0.1, -0.05) is 44.2 Å². The molecule has 3 aromatic carbocycles. The largest absolute Gasteiger partial charge is 0.280 e. The van der Waals surface area contributed by atoms with Crippen LogP contribution in [0.5, 0.6) is 0 Å². The maximum atomic E-state index is 12.7. The monoisotopic (exact) mass is 418 g/mol. The van der Waals surface area contributed by atoms with Crippen LogP contribution in [0.1, 0.15) is 13.8 Å². The van der Waals surface area contributed by atoms with Crippen LogP contribution < -0.4 is 4.72 Å². The lowest BCUT2D eigenvalue weighted by atomic mass is 10.1. The molecule has 0 aromatic heterocycles. The van der Waals surface area contributed by atoms with Crippen molar-refractivity contribution >= 4 is 36.5 Å². The standard InChI is InChI=1S/C20H22N2O4S2/c1-3-22(4-2)28(25,26)19-13-10-18(11-14-19)21-27(23,24)20-12-9-16-7-5-6-8-17(16)15-20/h5-15,21H,3-4H2,1-2H3. The van der Waals surface area contributed by atoms with Crippen LogP contribution in [0.4, 0.5) is 5.69 Å². The molecule has 1 N–H and O–H groups in total. The SMILES string of the molecule is CCN(CC)S(=O)(=O)c1ccc(NS(=O)(=O)c2ccc3ccccc3c2)cc1. The highest BCUT2D eigenvalue weighted by molar-refractivity contribution is 7.92. The van der Waals surface area contributed by atoms with E-state index in [0.29, 0.717) is 18.8 Å². The van der Waals surface area contributed by atoms with Crippen molar-refractivity contribution in [3.8, 4) is 0 Å². The van der Waals surface area contributed by atoms with E-state index in [-0.39, 0.29) is 9.79 Å². The Kier molecular flexibility index (Phi) is 5.74. The second-order valence-corrected chi connectivity index (χ2v) is 9.85. The number of sulfonamides is 2. The minimum Gasteiger partial charge on any atom is -0.280 e. The molecule has 3 aromatic rings. The van der Waals surface area contributed by atoms with E-state index in [1.165, 1.54) is 28.6 Å². The lowest BCUT2D eigenvalue weighted by Crippen LogP contribution is -2.30. The van der Waals surface area contributed by atoms with Gasteiger partial charge in [-0.05, 0) is 47.2 Å². The van der Waals surface area contributed by atoms with Crippen LogP contribution in [0, 0.1) is 0 Å². The van der Waals surface area contributed by atoms with Crippen molar-refractivity contribution in [2.24, 2.45) is 0 Å². The van der Waals surface area contributed by atoms with Gasteiger partial charge < -0.3 is 0 Å². The average molecular weight is 419 g/mol. The summed E-state index contributed by atoms with van der Waals surface area (Å²) >= 11 is 0. The van der Waals surface area contributed by atoms with Crippen molar-refractivity contribution in [3.63, 3.8) is 0 Å². The molecule has 3 rings (SSSR count). The van der Waals surface area contributed by atoms with E-state index in [4.69, 9.17) is 0 Å². The zero-order chi connectivity index (χ0) is 20.4. The first-order chi connectivity index (χ1) is 13.3. The Morgan fingerprint density at radius 2 is 1.32 bits per heavy atom. The number of benzene rings is 3. The van der Waals surface area contributed by atoms with Crippen molar-refractivity contribution in [3.05, 3.63) is 66.7 Å². The van der Waals surface area contributed by atoms with Gasteiger partial charge in [-0.2, -0.15) is 4.31 Å². The molecule has 0 unspecified atom stereocenters. The van der Waals surface area contributed by atoms with Crippen LogP contribution in [0.3, 0.4) is 0 Å². The molecule has 0 aliphatic carbocycles. The Morgan fingerprint density at radius 3 is 1.93 bits per heavy atom. The second-order valence-electron chi connectivity index (χ2n) is 6.23. The highest BCUT2D eigenvalue weighted by Crippen LogP contribution is 2.23. The smallest absolute Gasteiger partial charge is 0.261 e. The summed E-state index contributed by atoms with van der Waals surface area (Å²) in [4.78, 5) is 0.274. The van der Waals surface area contributed by atoms with Gasteiger partial charge in [0, 0.05) is 18.8 Å². The number of hydrogen-bond acceptors (Lipinski definition) is 4. The fourth-order valence-electron chi connectivity index (χ4n) is 2.96. The third-order valence-corrected chi connectivity index (χ3v) is 7.92. The maximum Gasteiger partial charge on any atom is 0.261 e. The van der Waals surface area contributed by atoms with Gasteiger partial charge in [0.1, 0.15) is 0 Å². The van der Waals surface area contributed by atoms with Crippen molar-refractivity contribution in [2.45, 2.75) is 23.6 Å². The average Bonchev–Trinajstić information content (AvgIpc) is 2.68. The normalized spacial score (nSPS) is 12.4. The molecular formula is C20H22N2O4S2. The summed E-state index contributed by atoms with van der Waals surface area (Å²) in [7, 11) is -7.37. The van der Waals surface area contributed by atoms with E-state index in [1.807, 2.05) is 24.3 Å². The molecule has 148 valence electrons. The molecule has 0 heterocycles. The number of nitrogens with one attached hydrogen (secondary N) is 1. The van der Waals surface area contributed by atoms with Crippen LogP contribution >= 0.6 is 0 Å². The Balaban J connectivity index is 1.86. The number of hydrogen-bond donors (Lipinski definition) is 1. The van der Waals surface area contributed by atoms with Gasteiger partial charge in [-0.25, -0.2) is 16.8 Å². The van der Waals surface area contributed by atoms with Crippen LogP contribution in [0.15, 0.2) is 76.5 Å². The number of rotatable bonds is 7. The van der Waals surface area contributed by atoms with Crippen LogP contribution in [0.25, 0.3) is 10.8 Å². The predicted octanol–water partition coefficient (Wildman–Crippen LogP) is 3.67. The minimum atomic E-state index is -3.79. The summed E-state index contributed by atoms with van der Waals surface area (Å²) in [5.74, 6) is 0. The highest BCUT2D eigenvalue weighted by Gasteiger charge is 2.22. The Hall–Kier alpha value is -2.42. The van der Waals surface area contributed by atoms with Gasteiger partial charge in [0.05, 0.1) is 9.79 Å². The number of nitrogens with zero attached hydrogens (tertiary/aromatic N) is 1. The van der Waals surface area contributed by atoms with E-state index < -0.39 is 20.0 Å². The van der Waals surface area contributed by atoms with Gasteiger partial charge in [0.25, 0.3) is 10.0 Å². The zero-order valence-corrected chi connectivity index (χ0v) is 17.3. The third kappa shape index (κ3) is 4.04. The predicted molar refractivity (Wildman–Crippen MR) is 111 cm³/mol. The van der Waals surface area contributed by atoms with Crippen molar-refractivity contribution < 1.29 is 16.8 Å². The molecule has 0 spiro atoms. The lowest BCUT2D eigenvalue weighted by molar-refractivity contribution is 0.445. The molecule has 0 saturated carbocycles. The van der Waals surface area contributed by atoms with Crippen LogP contribution in [-0.4, -0.2) is 34.2 Å². The second kappa shape index (κ2) is 7.90. The molecule has 0 saturated heterocycles. The summed E-state index contributed by atoms with van der Waals surface area (Å²) in [5.41, 5.74) is 0.298. The van der Waals surface area contributed by atoms with Crippen molar-refractivity contribution in [1.82, 2.24) is 4.31 Å². The molecule has 0 bridgehead atoms. The summed E-state index contributed by atoms with van der Waals surface area (Å²) < 4.78 is 54.3. The van der Waals surface area contributed by atoms with Gasteiger partial charge >= 0.3 is 0 Å². The van der Waals surface area contributed by atoms with Crippen LogP contribution in [0.2, 0.25) is 0 Å². The van der Waals surface area contributed by atoms with E-state index in [2.05, 4.69) is 4.72 Å². The molecule has 0 amide bonds. The summed E-state index contributed by atoms with van der Waals surface area (Å²) in [5, 5.41) is 1.78. The molecule has 0 aliphatic rings. The zero-order valence-electron chi connectivity index (χ0n) is 15.7. The molecule has 0 radical (unpaired) electrons. The van der Waals surface area contributed by atoms with E-state index in [9.17, 15) is 16.8 Å². The molecule has 28 heavy (non-hydrogen) atoms. The quantitative estimate of drug-likeness (QED) is 0.635. The fraction of sp³-hybridized carbons (Fsp3) is 0.200. The van der Waals surface area contributed by atoms with E-state index >= 15 is 0 Å².